The van der Waals surface area contributed by atoms with Crippen molar-refractivity contribution in [2.24, 2.45) is 0 Å². The van der Waals surface area contributed by atoms with Crippen molar-refractivity contribution in [3.63, 3.8) is 0 Å². The third-order valence-electron chi connectivity index (χ3n) is 6.35. The first-order valence-electron chi connectivity index (χ1n) is 13.1. The molecule has 9 nitrogen and oxygen atoms in total. The van der Waals surface area contributed by atoms with Crippen LogP contribution in [0.3, 0.4) is 0 Å². The zero-order chi connectivity index (χ0) is 28.3. The topological polar surface area (TPSA) is 85.6 Å². The summed E-state index contributed by atoms with van der Waals surface area (Å²) in [5.74, 6) is 1.43. The summed E-state index contributed by atoms with van der Waals surface area (Å²) in [6.07, 6.45) is -0.0220. The third-order valence-corrected chi connectivity index (χ3v) is 6.35. The first-order valence-corrected chi connectivity index (χ1v) is 13.1. The second kappa shape index (κ2) is 11.3. The van der Waals surface area contributed by atoms with Gasteiger partial charge in [-0.05, 0) is 52.3 Å². The second-order valence-corrected chi connectivity index (χ2v) is 10.9. The van der Waals surface area contributed by atoms with Crippen LogP contribution >= 0.6 is 0 Å². The molecule has 0 fully saturated rings. The lowest BCUT2D eigenvalue weighted by molar-refractivity contribution is 0.0278. The molecular formula is C30H38N6O3. The first kappa shape index (κ1) is 27.9. The summed E-state index contributed by atoms with van der Waals surface area (Å²) in [7, 11) is 5.62. The summed E-state index contributed by atoms with van der Waals surface area (Å²) in [6.45, 7) is 10.1. The van der Waals surface area contributed by atoms with Gasteiger partial charge in [-0.1, -0.05) is 36.4 Å². The Hall–Kier alpha value is -4.14. The summed E-state index contributed by atoms with van der Waals surface area (Å²) >= 11 is 0. The highest BCUT2D eigenvalue weighted by atomic mass is 16.6. The number of ether oxygens (including phenoxy) is 2. The van der Waals surface area contributed by atoms with Gasteiger partial charge in [0.15, 0.2) is 5.82 Å². The molecule has 0 saturated carbocycles. The lowest BCUT2D eigenvalue weighted by atomic mass is 10.1. The predicted octanol–water partition coefficient (Wildman–Crippen LogP) is 5.88. The lowest BCUT2D eigenvalue weighted by Crippen LogP contribution is -2.35. The predicted molar refractivity (Wildman–Crippen MR) is 154 cm³/mol. The highest BCUT2D eigenvalue weighted by Gasteiger charge is 2.22. The van der Waals surface area contributed by atoms with Crippen molar-refractivity contribution in [1.29, 1.82) is 0 Å². The summed E-state index contributed by atoms with van der Waals surface area (Å²) in [6, 6.07) is 17.9. The molecule has 0 saturated heterocycles. The number of fused-ring (bicyclic) bond motifs is 1. The maximum Gasteiger partial charge on any atom is 0.410 e. The maximum atomic E-state index is 12.5. The average Bonchev–Trinajstić information content (AvgIpc) is 3.23. The van der Waals surface area contributed by atoms with E-state index >= 15 is 0 Å². The molecule has 1 unspecified atom stereocenters. The number of aryl methyl sites for hydroxylation is 2. The number of anilines is 1. The van der Waals surface area contributed by atoms with Crippen LogP contribution in [0.15, 0.2) is 54.6 Å². The Kier molecular flexibility index (Phi) is 8.09. The van der Waals surface area contributed by atoms with E-state index in [1.165, 1.54) is 0 Å². The number of hydrogen-bond acceptors (Lipinski definition) is 7. The van der Waals surface area contributed by atoms with Crippen LogP contribution in [0.2, 0.25) is 0 Å². The van der Waals surface area contributed by atoms with Crippen LogP contribution in [0, 0.1) is 13.8 Å². The van der Waals surface area contributed by atoms with Crippen LogP contribution in [0.4, 0.5) is 10.6 Å². The summed E-state index contributed by atoms with van der Waals surface area (Å²) < 4.78 is 14.0. The van der Waals surface area contributed by atoms with Crippen LogP contribution in [-0.4, -0.2) is 64.3 Å². The molecule has 2 heterocycles. The van der Waals surface area contributed by atoms with Crippen LogP contribution in [0.1, 0.15) is 50.2 Å². The minimum absolute atomic E-state index is 0.264. The zero-order valence-electron chi connectivity index (χ0n) is 24.1. The van der Waals surface area contributed by atoms with Gasteiger partial charge in [0.2, 0.25) is 0 Å². The standard InChI is InChI=1S/C30H38N6O3/c1-20-26-21(2)36(33-27(26)28(32-31-20)34(6)7)23-15-12-16-24(19-23)38-25(22-13-10-9-11-14-22)17-18-35(8)29(37)39-30(3,4)5/h9-16,19,25H,17-18H2,1-8H3. The molecule has 0 N–H and O–H groups in total. The van der Waals surface area contributed by atoms with Crippen molar-refractivity contribution in [1.82, 2.24) is 24.9 Å². The molecule has 39 heavy (non-hydrogen) atoms. The van der Waals surface area contributed by atoms with Crippen LogP contribution in [0.5, 0.6) is 5.75 Å². The number of carbonyl (C=O) groups is 1. The van der Waals surface area contributed by atoms with Crippen LogP contribution in [0.25, 0.3) is 16.6 Å². The van der Waals surface area contributed by atoms with Gasteiger partial charge in [0.25, 0.3) is 0 Å². The third kappa shape index (κ3) is 6.47. The van der Waals surface area contributed by atoms with Gasteiger partial charge in [-0.25, -0.2) is 9.48 Å². The summed E-state index contributed by atoms with van der Waals surface area (Å²) in [4.78, 5) is 16.0. The molecule has 4 rings (SSSR count). The lowest BCUT2D eigenvalue weighted by Gasteiger charge is -2.26. The molecule has 0 aliphatic rings. The van der Waals surface area contributed by atoms with Gasteiger partial charge in [-0.3, -0.25) is 0 Å². The number of hydrogen-bond donors (Lipinski definition) is 0. The molecule has 0 bridgehead atoms. The summed E-state index contributed by atoms with van der Waals surface area (Å²) in [5, 5.41) is 14.6. The Morgan fingerprint density at radius 2 is 1.72 bits per heavy atom. The molecule has 4 aromatic rings. The molecule has 1 atom stereocenters. The van der Waals surface area contributed by atoms with E-state index < -0.39 is 5.60 Å². The van der Waals surface area contributed by atoms with Gasteiger partial charge in [0.05, 0.1) is 22.5 Å². The molecule has 0 radical (unpaired) electrons. The van der Waals surface area contributed by atoms with E-state index in [0.29, 0.717) is 18.7 Å². The minimum atomic E-state index is -0.547. The number of aromatic nitrogens is 4. The monoisotopic (exact) mass is 530 g/mol. The normalized spacial score (nSPS) is 12.3. The molecule has 206 valence electrons. The fourth-order valence-corrected chi connectivity index (χ4v) is 4.42. The maximum absolute atomic E-state index is 12.5. The van der Waals surface area contributed by atoms with Crippen molar-refractivity contribution in [3.05, 3.63) is 71.5 Å². The molecule has 0 spiro atoms. The van der Waals surface area contributed by atoms with Gasteiger partial charge < -0.3 is 19.3 Å². The fourth-order valence-electron chi connectivity index (χ4n) is 4.42. The Labute approximate surface area is 230 Å². The van der Waals surface area contributed by atoms with Crippen LogP contribution in [-0.2, 0) is 4.74 Å². The van der Waals surface area contributed by atoms with Crippen molar-refractivity contribution in [2.45, 2.75) is 52.7 Å². The number of rotatable bonds is 8. The van der Waals surface area contributed by atoms with Gasteiger partial charge >= 0.3 is 6.09 Å². The quantitative estimate of drug-likeness (QED) is 0.281. The number of carbonyl (C=O) groups excluding carboxylic acids is 1. The molecule has 0 aliphatic heterocycles. The molecule has 0 aliphatic carbocycles. The average molecular weight is 531 g/mol. The van der Waals surface area contributed by atoms with Gasteiger partial charge in [-0.15, -0.1) is 5.10 Å². The van der Waals surface area contributed by atoms with Crippen molar-refractivity contribution >= 4 is 22.8 Å². The Bertz CT molecular complexity index is 1440. The van der Waals surface area contributed by atoms with Crippen molar-refractivity contribution in [2.75, 3.05) is 32.6 Å². The highest BCUT2D eigenvalue weighted by Crippen LogP contribution is 2.31. The molecule has 1 amide bonds. The Morgan fingerprint density at radius 1 is 1.00 bits per heavy atom. The largest absolute Gasteiger partial charge is 0.486 e. The van der Waals surface area contributed by atoms with Gasteiger partial charge in [-0.2, -0.15) is 10.2 Å². The fraction of sp³-hybridized carbons (Fsp3) is 0.400. The summed E-state index contributed by atoms with van der Waals surface area (Å²) in [5.41, 5.74) is 3.99. The zero-order valence-corrected chi connectivity index (χ0v) is 24.1. The van der Waals surface area contributed by atoms with E-state index in [1.54, 1.807) is 11.9 Å². The smallest absolute Gasteiger partial charge is 0.410 e. The van der Waals surface area contributed by atoms with Gasteiger partial charge in [0, 0.05) is 40.2 Å². The van der Waals surface area contributed by atoms with E-state index in [1.807, 2.05) is 113 Å². The Morgan fingerprint density at radius 3 is 2.38 bits per heavy atom. The van der Waals surface area contributed by atoms with E-state index in [-0.39, 0.29) is 12.2 Å². The minimum Gasteiger partial charge on any atom is -0.486 e. The Balaban J connectivity index is 1.61. The molecule has 2 aromatic heterocycles. The molecule has 2 aromatic carbocycles. The van der Waals surface area contributed by atoms with Crippen molar-refractivity contribution < 1.29 is 14.3 Å². The first-order chi connectivity index (χ1) is 18.4. The van der Waals surface area contributed by atoms with E-state index in [9.17, 15) is 4.79 Å². The second-order valence-electron chi connectivity index (χ2n) is 10.9. The van der Waals surface area contributed by atoms with Gasteiger partial charge in [0.1, 0.15) is 23.0 Å². The van der Waals surface area contributed by atoms with E-state index in [0.717, 1.165) is 39.4 Å². The number of benzene rings is 2. The van der Waals surface area contributed by atoms with E-state index in [4.69, 9.17) is 14.6 Å². The highest BCUT2D eigenvalue weighted by molar-refractivity contribution is 5.92. The molecule has 9 heteroatoms. The number of amides is 1. The SMILES string of the molecule is Cc1nnc(N(C)C)c2nn(-c3cccc(OC(CCN(C)C(=O)OC(C)(C)C)c4ccccc4)c3)c(C)c12. The molecular weight excluding hydrogens is 492 g/mol. The van der Waals surface area contributed by atoms with E-state index in [2.05, 4.69) is 10.2 Å². The number of nitrogens with zero attached hydrogens (tertiary/aromatic N) is 6. The van der Waals surface area contributed by atoms with Crippen molar-refractivity contribution in [3.8, 4) is 11.4 Å². The van der Waals surface area contributed by atoms with Crippen LogP contribution < -0.4 is 9.64 Å².